The molecule has 0 amide bonds. The summed E-state index contributed by atoms with van der Waals surface area (Å²) in [7, 11) is 0. The number of aliphatic hydroxyl groups excluding tert-OH is 1. The summed E-state index contributed by atoms with van der Waals surface area (Å²) in [5.74, 6) is -1.19. The number of carbonyl (C=O) groups is 1. The summed E-state index contributed by atoms with van der Waals surface area (Å²) in [6.45, 7) is 0. The summed E-state index contributed by atoms with van der Waals surface area (Å²) in [6.07, 6.45) is 0. The molecule has 0 heterocycles. The van der Waals surface area contributed by atoms with Gasteiger partial charge in [-0.25, -0.2) is 4.79 Å². The molecule has 1 aliphatic carbocycles. The second-order valence-corrected chi connectivity index (χ2v) is 2.57. The van der Waals surface area contributed by atoms with Gasteiger partial charge in [0.25, 0.3) is 0 Å². The van der Waals surface area contributed by atoms with Gasteiger partial charge in [0, 0.05) is 11.1 Å². The van der Waals surface area contributed by atoms with Gasteiger partial charge >= 0.3 is 5.97 Å². The molecule has 0 aliphatic heterocycles. The molecule has 0 fully saturated rings. The summed E-state index contributed by atoms with van der Waals surface area (Å²) in [5, 5.41) is 17.9. The van der Waals surface area contributed by atoms with Gasteiger partial charge in [0.15, 0.2) is 0 Å². The molecule has 1 aliphatic rings. The smallest absolute Gasteiger partial charge is 0.340 e. The lowest BCUT2D eigenvalue weighted by atomic mass is 9.87. The molecular formula is C9H6O3. The Hall–Kier alpha value is -1.77. The molecule has 0 saturated heterocycles. The van der Waals surface area contributed by atoms with Gasteiger partial charge in [-0.15, -0.1) is 0 Å². The highest BCUT2D eigenvalue weighted by Gasteiger charge is 2.29. The first-order chi connectivity index (χ1) is 5.72. The van der Waals surface area contributed by atoms with Gasteiger partial charge in [0.2, 0.25) is 0 Å². The maximum Gasteiger partial charge on any atom is 0.340 e. The lowest BCUT2D eigenvalue weighted by Gasteiger charge is -2.19. The predicted octanol–water partition coefficient (Wildman–Crippen LogP) is 1.51. The molecule has 0 saturated carbocycles. The number of fused-ring (bicyclic) bond motifs is 1. The van der Waals surface area contributed by atoms with E-state index in [9.17, 15) is 9.90 Å². The average Bonchev–Trinajstić information content (AvgIpc) is 2.03. The van der Waals surface area contributed by atoms with E-state index in [4.69, 9.17) is 5.11 Å². The van der Waals surface area contributed by atoms with Crippen LogP contribution in [0.1, 0.15) is 11.1 Å². The predicted molar refractivity (Wildman–Crippen MR) is 43.5 cm³/mol. The van der Waals surface area contributed by atoms with Crippen LogP contribution in [0.5, 0.6) is 0 Å². The van der Waals surface area contributed by atoms with Gasteiger partial charge < -0.3 is 10.2 Å². The Balaban J connectivity index is 2.56. The Labute approximate surface area is 68.6 Å². The molecule has 0 aromatic heterocycles. The van der Waals surface area contributed by atoms with Gasteiger partial charge in [-0.05, 0) is 0 Å². The minimum Gasteiger partial charge on any atom is -0.506 e. The van der Waals surface area contributed by atoms with Gasteiger partial charge in [-0.3, -0.25) is 0 Å². The van der Waals surface area contributed by atoms with Crippen molar-refractivity contribution in [3.05, 3.63) is 35.4 Å². The molecule has 0 radical (unpaired) electrons. The Kier molecular flexibility index (Phi) is 1.21. The number of aliphatic hydroxyl groups is 1. The molecule has 1 aromatic carbocycles. The van der Waals surface area contributed by atoms with Crippen LogP contribution in [0.3, 0.4) is 0 Å². The van der Waals surface area contributed by atoms with Gasteiger partial charge in [-0.2, -0.15) is 0 Å². The van der Waals surface area contributed by atoms with Crippen molar-refractivity contribution in [2.45, 2.75) is 0 Å². The third-order valence-electron chi connectivity index (χ3n) is 1.90. The zero-order valence-electron chi connectivity index (χ0n) is 6.11. The van der Waals surface area contributed by atoms with E-state index in [1.807, 2.05) is 0 Å². The van der Waals surface area contributed by atoms with Crippen LogP contribution in [-0.4, -0.2) is 16.2 Å². The molecule has 3 nitrogen and oxygen atoms in total. The first-order valence-corrected chi connectivity index (χ1v) is 3.48. The highest BCUT2D eigenvalue weighted by molar-refractivity contribution is 6.28. The van der Waals surface area contributed by atoms with Crippen molar-refractivity contribution in [3.63, 3.8) is 0 Å². The number of carboxylic acids is 1. The molecule has 0 spiro atoms. The highest BCUT2D eigenvalue weighted by atomic mass is 16.4. The van der Waals surface area contributed by atoms with Crippen molar-refractivity contribution in [2.75, 3.05) is 0 Å². The number of hydrogen-bond acceptors (Lipinski definition) is 2. The molecule has 0 bridgehead atoms. The molecule has 0 atom stereocenters. The number of aliphatic carboxylic acids is 1. The average molecular weight is 162 g/mol. The van der Waals surface area contributed by atoms with E-state index in [0.717, 1.165) is 0 Å². The lowest BCUT2D eigenvalue weighted by molar-refractivity contribution is -0.130. The Morgan fingerprint density at radius 1 is 1.17 bits per heavy atom. The second-order valence-electron chi connectivity index (χ2n) is 2.57. The van der Waals surface area contributed by atoms with Crippen molar-refractivity contribution >= 4 is 17.3 Å². The molecule has 2 N–H and O–H groups in total. The Morgan fingerprint density at radius 3 is 2.33 bits per heavy atom. The lowest BCUT2D eigenvalue weighted by Crippen LogP contribution is -2.13. The van der Waals surface area contributed by atoms with Crippen LogP contribution in [0.25, 0.3) is 11.3 Å². The van der Waals surface area contributed by atoms with Crippen LogP contribution in [0.15, 0.2) is 24.3 Å². The van der Waals surface area contributed by atoms with E-state index in [1.54, 1.807) is 24.3 Å². The molecular weight excluding hydrogens is 156 g/mol. The van der Waals surface area contributed by atoms with Crippen molar-refractivity contribution < 1.29 is 15.0 Å². The maximum absolute atomic E-state index is 10.5. The van der Waals surface area contributed by atoms with Crippen LogP contribution in [0, 0.1) is 0 Å². The van der Waals surface area contributed by atoms with E-state index >= 15 is 0 Å². The van der Waals surface area contributed by atoms with Crippen molar-refractivity contribution in [1.82, 2.24) is 0 Å². The summed E-state index contributed by atoms with van der Waals surface area (Å²) in [5.41, 5.74) is 1.25. The molecule has 1 aromatic rings. The van der Waals surface area contributed by atoms with Crippen molar-refractivity contribution in [3.8, 4) is 0 Å². The van der Waals surface area contributed by atoms with E-state index < -0.39 is 5.97 Å². The number of carboxylic acid groups (broad SMARTS) is 1. The topological polar surface area (TPSA) is 57.5 Å². The monoisotopic (exact) mass is 162 g/mol. The van der Waals surface area contributed by atoms with Crippen LogP contribution in [0.4, 0.5) is 0 Å². The third-order valence-corrected chi connectivity index (χ3v) is 1.90. The number of hydrogen-bond donors (Lipinski definition) is 2. The standard InChI is InChI=1S/C9H6O3/c10-8-6-4-2-1-3-5(6)7(8)9(11)12/h1-4,10H,(H,11,12). The van der Waals surface area contributed by atoms with Crippen LogP contribution in [-0.2, 0) is 4.79 Å². The molecule has 0 unspecified atom stereocenters. The molecule has 60 valence electrons. The molecule has 3 heteroatoms. The Morgan fingerprint density at radius 2 is 1.75 bits per heavy atom. The summed E-state index contributed by atoms with van der Waals surface area (Å²) < 4.78 is 0. The molecule has 12 heavy (non-hydrogen) atoms. The van der Waals surface area contributed by atoms with E-state index in [-0.39, 0.29) is 11.3 Å². The largest absolute Gasteiger partial charge is 0.506 e. The number of benzene rings is 1. The zero-order chi connectivity index (χ0) is 8.72. The Bertz CT molecular complexity index is 391. The van der Waals surface area contributed by atoms with Crippen molar-refractivity contribution in [2.24, 2.45) is 0 Å². The van der Waals surface area contributed by atoms with E-state index in [0.29, 0.717) is 11.1 Å². The fourth-order valence-electron chi connectivity index (χ4n) is 1.32. The maximum atomic E-state index is 10.5. The van der Waals surface area contributed by atoms with Gasteiger partial charge in [0.1, 0.15) is 11.3 Å². The first-order valence-electron chi connectivity index (χ1n) is 3.48. The minimum absolute atomic E-state index is 0.0191. The fourth-order valence-corrected chi connectivity index (χ4v) is 1.32. The third kappa shape index (κ3) is 0.676. The summed E-state index contributed by atoms with van der Waals surface area (Å²) in [6, 6.07) is 6.87. The van der Waals surface area contributed by atoms with Crippen LogP contribution < -0.4 is 0 Å². The van der Waals surface area contributed by atoms with E-state index in [2.05, 4.69) is 0 Å². The summed E-state index contributed by atoms with van der Waals surface area (Å²) in [4.78, 5) is 10.5. The van der Waals surface area contributed by atoms with Gasteiger partial charge in [-0.1, -0.05) is 24.3 Å². The first kappa shape index (κ1) is 6.91. The van der Waals surface area contributed by atoms with Gasteiger partial charge in [0.05, 0.1) is 0 Å². The normalized spacial score (nSPS) is 13.7. The molecule has 2 rings (SSSR count). The number of rotatable bonds is 1. The fraction of sp³-hybridized carbons (Fsp3) is 0. The van der Waals surface area contributed by atoms with Crippen molar-refractivity contribution in [1.29, 1.82) is 0 Å². The van der Waals surface area contributed by atoms with Crippen LogP contribution in [0.2, 0.25) is 0 Å². The summed E-state index contributed by atoms with van der Waals surface area (Å²) >= 11 is 0. The minimum atomic E-state index is -1.08. The zero-order valence-corrected chi connectivity index (χ0v) is 6.11. The SMILES string of the molecule is O=C(O)C1=C(O)c2ccccc21. The van der Waals surface area contributed by atoms with Crippen LogP contribution >= 0.6 is 0 Å². The van der Waals surface area contributed by atoms with E-state index in [1.165, 1.54) is 0 Å². The second kappa shape index (κ2) is 2.11. The quantitative estimate of drug-likeness (QED) is 0.658. The highest BCUT2D eigenvalue weighted by Crippen LogP contribution is 2.38.